The molecule has 1 N–H and O–H groups in total. The highest BCUT2D eigenvalue weighted by Crippen LogP contribution is 2.19. The highest BCUT2D eigenvalue weighted by Gasteiger charge is 2.20. The van der Waals surface area contributed by atoms with Gasteiger partial charge in [-0.1, -0.05) is 11.8 Å². The van der Waals surface area contributed by atoms with E-state index in [1.54, 1.807) is 6.26 Å². The molecule has 0 saturated heterocycles. The number of thioether (sulfide) groups is 1. The molecule has 0 aromatic rings. The lowest BCUT2D eigenvalue weighted by Crippen LogP contribution is -2.20. The van der Waals surface area contributed by atoms with Crippen molar-refractivity contribution in [1.82, 2.24) is 5.43 Å². The average Bonchev–Trinajstić information content (AvgIpc) is 2.34. The van der Waals surface area contributed by atoms with Crippen molar-refractivity contribution < 1.29 is 4.21 Å². The minimum Gasteiger partial charge on any atom is -0.283 e. The van der Waals surface area contributed by atoms with Crippen LogP contribution in [-0.4, -0.2) is 26.1 Å². The van der Waals surface area contributed by atoms with Gasteiger partial charge >= 0.3 is 0 Å². The molecule has 0 aromatic carbocycles. The molecule has 1 rings (SSSR count). The van der Waals surface area contributed by atoms with Gasteiger partial charge in [-0.15, -0.1) is 11.6 Å². The molecular formula is C4H7ClN2OS2. The molecule has 2 atom stereocenters. The number of halogens is 1. The van der Waals surface area contributed by atoms with Crippen molar-refractivity contribution in [3.05, 3.63) is 0 Å². The quantitative estimate of drug-likeness (QED) is 0.659. The highest BCUT2D eigenvalue weighted by atomic mass is 35.5. The zero-order chi connectivity index (χ0) is 7.56. The van der Waals surface area contributed by atoms with Crippen LogP contribution in [0.4, 0.5) is 0 Å². The van der Waals surface area contributed by atoms with Gasteiger partial charge in [-0.3, -0.25) is 9.63 Å². The molecule has 10 heavy (non-hydrogen) atoms. The predicted molar refractivity (Wildman–Crippen MR) is 46.7 cm³/mol. The lowest BCUT2D eigenvalue weighted by Gasteiger charge is -2.02. The van der Waals surface area contributed by atoms with Gasteiger partial charge in [-0.2, -0.15) is 5.10 Å². The molecule has 0 aliphatic carbocycles. The van der Waals surface area contributed by atoms with E-state index in [4.69, 9.17) is 11.6 Å². The minimum absolute atomic E-state index is 0.103. The molecule has 58 valence electrons. The first-order valence-corrected chi connectivity index (χ1v) is 5.64. The van der Waals surface area contributed by atoms with E-state index in [1.165, 1.54) is 11.8 Å². The molecule has 0 bridgehead atoms. The molecule has 0 amide bonds. The molecule has 1 aliphatic heterocycles. The van der Waals surface area contributed by atoms with Crippen LogP contribution in [0.1, 0.15) is 0 Å². The molecule has 0 saturated carbocycles. The fraction of sp³-hybridized carbons (Fsp3) is 0.750. The second-order valence-corrected chi connectivity index (χ2v) is 4.93. The van der Waals surface area contributed by atoms with Crippen LogP contribution in [0.25, 0.3) is 0 Å². The average molecular weight is 199 g/mol. The van der Waals surface area contributed by atoms with E-state index in [2.05, 4.69) is 10.5 Å². The minimum atomic E-state index is -0.885. The SMILES string of the molecule is CS(=O)C1NN=C(CCl)S1. The van der Waals surface area contributed by atoms with E-state index >= 15 is 0 Å². The number of hydrogen-bond acceptors (Lipinski definition) is 4. The van der Waals surface area contributed by atoms with E-state index in [0.29, 0.717) is 5.88 Å². The first kappa shape index (κ1) is 8.36. The topological polar surface area (TPSA) is 41.5 Å². The van der Waals surface area contributed by atoms with Gasteiger partial charge < -0.3 is 0 Å². The summed E-state index contributed by atoms with van der Waals surface area (Å²) in [5, 5.41) is 4.67. The summed E-state index contributed by atoms with van der Waals surface area (Å²) >= 11 is 6.91. The predicted octanol–water partition coefficient (Wildman–Crippen LogP) is 0.537. The van der Waals surface area contributed by atoms with Crippen LogP contribution in [-0.2, 0) is 10.8 Å². The summed E-state index contributed by atoms with van der Waals surface area (Å²) < 4.78 is 10.7. The maximum atomic E-state index is 10.8. The monoisotopic (exact) mass is 198 g/mol. The maximum Gasteiger partial charge on any atom is 0.169 e. The van der Waals surface area contributed by atoms with Gasteiger partial charge in [-0.25, -0.2) is 0 Å². The second kappa shape index (κ2) is 3.59. The third-order valence-electron chi connectivity index (χ3n) is 0.954. The van der Waals surface area contributed by atoms with Crippen molar-refractivity contribution >= 4 is 39.2 Å². The number of nitrogens with zero attached hydrogens (tertiary/aromatic N) is 1. The Labute approximate surface area is 71.0 Å². The van der Waals surface area contributed by atoms with Crippen molar-refractivity contribution in [1.29, 1.82) is 0 Å². The molecular weight excluding hydrogens is 192 g/mol. The Balaban J connectivity index is 2.43. The number of hydrazone groups is 1. The third-order valence-corrected chi connectivity index (χ3v) is 4.00. The summed E-state index contributed by atoms with van der Waals surface area (Å²) in [7, 11) is -0.885. The fourth-order valence-corrected chi connectivity index (χ4v) is 2.35. The Morgan fingerprint density at radius 1 is 2.00 bits per heavy atom. The Bertz CT molecular complexity index is 184. The summed E-state index contributed by atoms with van der Waals surface area (Å²) in [5.41, 5.74) is 2.72. The Hall–Kier alpha value is 0.260. The molecule has 6 heteroatoms. The lowest BCUT2D eigenvalue weighted by molar-refractivity contribution is 0.677. The van der Waals surface area contributed by atoms with Crippen LogP contribution >= 0.6 is 23.4 Å². The van der Waals surface area contributed by atoms with Crippen molar-refractivity contribution in [2.24, 2.45) is 5.10 Å². The Morgan fingerprint density at radius 3 is 3.00 bits per heavy atom. The molecule has 0 aromatic heterocycles. The molecule has 0 fully saturated rings. The van der Waals surface area contributed by atoms with Gasteiger partial charge in [0.15, 0.2) is 4.71 Å². The normalized spacial score (nSPS) is 27.4. The van der Waals surface area contributed by atoms with Crippen LogP contribution in [0, 0.1) is 0 Å². The number of rotatable bonds is 2. The van der Waals surface area contributed by atoms with E-state index in [9.17, 15) is 4.21 Å². The summed E-state index contributed by atoms with van der Waals surface area (Å²) in [6, 6.07) is 0. The van der Waals surface area contributed by atoms with Gasteiger partial charge in [0.1, 0.15) is 5.04 Å². The molecule has 0 spiro atoms. The van der Waals surface area contributed by atoms with Gasteiger partial charge in [-0.05, 0) is 0 Å². The van der Waals surface area contributed by atoms with Crippen molar-refractivity contribution in [2.45, 2.75) is 4.71 Å². The number of nitrogens with one attached hydrogen (secondary N) is 1. The molecule has 0 radical (unpaired) electrons. The molecule has 1 heterocycles. The summed E-state index contributed by atoms with van der Waals surface area (Å²) in [6.07, 6.45) is 1.64. The number of alkyl halides is 1. The largest absolute Gasteiger partial charge is 0.283 e. The van der Waals surface area contributed by atoms with Crippen molar-refractivity contribution in [3.8, 4) is 0 Å². The van der Waals surface area contributed by atoms with Crippen molar-refractivity contribution in [3.63, 3.8) is 0 Å². The summed E-state index contributed by atoms with van der Waals surface area (Å²) in [5.74, 6) is 0.394. The van der Waals surface area contributed by atoms with Crippen LogP contribution in [0.3, 0.4) is 0 Å². The van der Waals surface area contributed by atoms with Gasteiger partial charge in [0.05, 0.1) is 16.7 Å². The van der Waals surface area contributed by atoms with Crippen LogP contribution < -0.4 is 5.43 Å². The van der Waals surface area contributed by atoms with Crippen LogP contribution in [0.15, 0.2) is 5.10 Å². The smallest absolute Gasteiger partial charge is 0.169 e. The van der Waals surface area contributed by atoms with E-state index < -0.39 is 10.8 Å². The Kier molecular flexibility index (Phi) is 3.00. The third kappa shape index (κ3) is 1.87. The van der Waals surface area contributed by atoms with E-state index in [0.717, 1.165) is 5.04 Å². The van der Waals surface area contributed by atoms with Gasteiger partial charge in [0.25, 0.3) is 0 Å². The summed E-state index contributed by atoms with van der Waals surface area (Å²) in [4.78, 5) is 0. The number of hydrogen-bond donors (Lipinski definition) is 1. The van der Waals surface area contributed by atoms with Crippen LogP contribution in [0.2, 0.25) is 0 Å². The summed E-state index contributed by atoms with van der Waals surface area (Å²) in [6.45, 7) is 0. The second-order valence-electron chi connectivity index (χ2n) is 1.72. The van der Waals surface area contributed by atoms with Gasteiger partial charge in [0.2, 0.25) is 0 Å². The first-order valence-electron chi connectivity index (χ1n) is 2.61. The molecule has 3 nitrogen and oxygen atoms in total. The lowest BCUT2D eigenvalue weighted by atomic mass is 10.9. The molecule has 2 unspecified atom stereocenters. The highest BCUT2D eigenvalue weighted by molar-refractivity contribution is 8.21. The van der Waals surface area contributed by atoms with Crippen LogP contribution in [0.5, 0.6) is 0 Å². The first-order chi connectivity index (χ1) is 4.74. The maximum absolute atomic E-state index is 10.8. The van der Waals surface area contributed by atoms with E-state index in [1.807, 2.05) is 0 Å². The van der Waals surface area contributed by atoms with Gasteiger partial charge in [0, 0.05) is 6.26 Å². The zero-order valence-electron chi connectivity index (χ0n) is 5.33. The zero-order valence-corrected chi connectivity index (χ0v) is 7.72. The molecule has 1 aliphatic rings. The standard InChI is InChI=1S/C4H7ClN2OS2/c1-10(8)4-7-6-3(2-5)9-4/h4,7H,2H2,1H3. The Morgan fingerprint density at radius 2 is 2.70 bits per heavy atom. The van der Waals surface area contributed by atoms with E-state index in [-0.39, 0.29) is 4.71 Å². The van der Waals surface area contributed by atoms with Crippen molar-refractivity contribution in [2.75, 3.05) is 12.1 Å². The fourth-order valence-electron chi connectivity index (χ4n) is 0.504.